The number of pyridine rings is 1. The second-order valence-electron chi connectivity index (χ2n) is 11.0. The Bertz CT molecular complexity index is 1510. The number of halogens is 4. The molecule has 1 aliphatic carbocycles. The predicted molar refractivity (Wildman–Crippen MR) is 155 cm³/mol. The fourth-order valence-corrected chi connectivity index (χ4v) is 5.52. The number of hydrogen-bond acceptors (Lipinski definition) is 4. The zero-order valence-electron chi connectivity index (χ0n) is 24.5. The highest BCUT2D eigenvalue weighted by atomic mass is 19.3. The summed E-state index contributed by atoms with van der Waals surface area (Å²) in [4.78, 5) is 29.8. The first-order valence-electron chi connectivity index (χ1n) is 14.1. The van der Waals surface area contributed by atoms with Gasteiger partial charge in [-0.05, 0) is 62.1 Å². The Hall–Kier alpha value is -3.56. The van der Waals surface area contributed by atoms with Gasteiger partial charge in [0.25, 0.3) is 12.0 Å². The highest BCUT2D eigenvalue weighted by molar-refractivity contribution is 5.90. The molecule has 6 nitrogen and oxygen atoms in total. The van der Waals surface area contributed by atoms with E-state index in [-0.39, 0.29) is 39.2 Å². The van der Waals surface area contributed by atoms with Crippen LogP contribution in [0.3, 0.4) is 0 Å². The fraction of sp³-hybridized carbons (Fsp3) is 0.484. The van der Waals surface area contributed by atoms with Gasteiger partial charge in [-0.1, -0.05) is 26.8 Å². The van der Waals surface area contributed by atoms with Gasteiger partial charge in [0.1, 0.15) is 11.6 Å². The first-order chi connectivity index (χ1) is 19.4. The van der Waals surface area contributed by atoms with E-state index in [1.54, 1.807) is 30.9 Å². The van der Waals surface area contributed by atoms with E-state index < -0.39 is 29.7 Å². The monoisotopic (exact) mass is 574 g/mol. The average molecular weight is 575 g/mol. The average Bonchev–Trinajstić information content (AvgIpc) is 3.71. The van der Waals surface area contributed by atoms with Crippen LogP contribution in [0.4, 0.5) is 29.1 Å². The van der Waals surface area contributed by atoms with Crippen molar-refractivity contribution in [2.75, 3.05) is 36.4 Å². The highest BCUT2D eigenvalue weighted by Gasteiger charge is 2.47. The first kappa shape index (κ1) is 30.4. The van der Waals surface area contributed by atoms with Gasteiger partial charge in [0.2, 0.25) is 5.91 Å². The van der Waals surface area contributed by atoms with Crippen molar-refractivity contribution < 1.29 is 22.4 Å². The standard InChI is InChI=1S/C29H32F4N4O2.C2H6/c1-16-13-19(17(2)34-22-6-5-18(30)15-20(22)25(32)33)23-21(14-16)27(38)35(4)26(24(23)31)36-9-11-37(12-10-36)28(39)29(3)7-8-29;1-2/h5-6,13-15,17,25,34H,7-12H2,1-4H3;1-2H3. The van der Waals surface area contributed by atoms with E-state index in [0.717, 1.165) is 25.0 Å². The van der Waals surface area contributed by atoms with Crippen LogP contribution in [0.25, 0.3) is 10.8 Å². The molecule has 2 aromatic carbocycles. The van der Waals surface area contributed by atoms with Crippen molar-refractivity contribution in [2.45, 2.75) is 59.9 Å². The molecule has 41 heavy (non-hydrogen) atoms. The molecule has 1 atom stereocenters. The topological polar surface area (TPSA) is 57.6 Å². The number of nitrogens with zero attached hydrogens (tertiary/aromatic N) is 3. The number of amides is 1. The summed E-state index contributed by atoms with van der Waals surface area (Å²) in [5.74, 6) is -1.11. The van der Waals surface area contributed by atoms with Gasteiger partial charge >= 0.3 is 0 Å². The number of alkyl halides is 2. The van der Waals surface area contributed by atoms with Gasteiger partial charge < -0.3 is 15.1 Å². The summed E-state index contributed by atoms with van der Waals surface area (Å²) < 4.78 is 58.6. The maximum atomic E-state index is 16.4. The summed E-state index contributed by atoms with van der Waals surface area (Å²) in [5, 5.41) is 3.27. The van der Waals surface area contributed by atoms with Crippen molar-refractivity contribution in [1.82, 2.24) is 9.47 Å². The molecule has 0 bridgehead atoms. The van der Waals surface area contributed by atoms with Crippen LogP contribution in [-0.2, 0) is 11.8 Å². The summed E-state index contributed by atoms with van der Waals surface area (Å²) in [7, 11) is 1.53. The lowest BCUT2D eigenvalue weighted by Crippen LogP contribution is -2.51. The molecule has 1 N–H and O–H groups in total. The minimum Gasteiger partial charge on any atom is -0.378 e. The van der Waals surface area contributed by atoms with Crippen LogP contribution >= 0.6 is 0 Å². The maximum Gasteiger partial charge on any atom is 0.265 e. The van der Waals surface area contributed by atoms with Crippen molar-refractivity contribution in [3.05, 3.63) is 69.0 Å². The Morgan fingerprint density at radius 3 is 2.22 bits per heavy atom. The Morgan fingerprint density at radius 1 is 1.00 bits per heavy atom. The molecule has 1 aromatic heterocycles. The van der Waals surface area contributed by atoms with Crippen molar-refractivity contribution in [3.8, 4) is 0 Å². The molecule has 1 saturated carbocycles. The zero-order chi connectivity index (χ0) is 30.2. The quantitative estimate of drug-likeness (QED) is 0.333. The first-order valence-corrected chi connectivity index (χ1v) is 14.1. The van der Waals surface area contributed by atoms with E-state index >= 15 is 4.39 Å². The molecular weight excluding hydrogens is 536 g/mol. The number of aryl methyl sites for hydroxylation is 1. The van der Waals surface area contributed by atoms with Gasteiger partial charge in [-0.15, -0.1) is 0 Å². The number of hydrogen-bond donors (Lipinski definition) is 1. The lowest BCUT2D eigenvalue weighted by atomic mass is 9.96. The molecular formula is C31H38F4N4O2. The molecule has 5 rings (SSSR count). The summed E-state index contributed by atoms with van der Waals surface area (Å²) in [5.41, 5.74) is 0.0169. The van der Waals surface area contributed by atoms with Crippen LogP contribution in [0, 0.1) is 24.0 Å². The molecule has 3 aromatic rings. The van der Waals surface area contributed by atoms with Crippen LogP contribution in [0.1, 0.15) is 69.7 Å². The highest BCUT2D eigenvalue weighted by Crippen LogP contribution is 2.46. The number of aromatic nitrogens is 1. The molecule has 222 valence electrons. The lowest BCUT2D eigenvalue weighted by molar-refractivity contribution is -0.136. The number of anilines is 2. The minimum absolute atomic E-state index is 0.0307. The van der Waals surface area contributed by atoms with E-state index in [0.29, 0.717) is 37.3 Å². The second-order valence-corrected chi connectivity index (χ2v) is 11.0. The Balaban J connectivity index is 0.00000189. The van der Waals surface area contributed by atoms with Crippen molar-refractivity contribution in [3.63, 3.8) is 0 Å². The largest absolute Gasteiger partial charge is 0.378 e. The smallest absolute Gasteiger partial charge is 0.265 e. The maximum absolute atomic E-state index is 16.4. The van der Waals surface area contributed by atoms with Gasteiger partial charge in [0.05, 0.1) is 5.39 Å². The van der Waals surface area contributed by atoms with Gasteiger partial charge in [-0.25, -0.2) is 17.6 Å². The number of nitrogens with one attached hydrogen (secondary N) is 1. The fourth-order valence-electron chi connectivity index (χ4n) is 5.52. The van der Waals surface area contributed by atoms with Gasteiger partial charge in [-0.3, -0.25) is 14.2 Å². The second kappa shape index (κ2) is 11.7. The summed E-state index contributed by atoms with van der Waals surface area (Å²) in [6.45, 7) is 11.0. The molecule has 0 radical (unpaired) electrons. The number of benzene rings is 2. The van der Waals surface area contributed by atoms with Crippen molar-refractivity contribution >= 4 is 28.2 Å². The Morgan fingerprint density at radius 2 is 1.63 bits per heavy atom. The van der Waals surface area contributed by atoms with Crippen molar-refractivity contribution in [2.24, 2.45) is 12.5 Å². The minimum atomic E-state index is -2.91. The third-order valence-electron chi connectivity index (χ3n) is 8.05. The third kappa shape index (κ3) is 5.78. The van der Waals surface area contributed by atoms with E-state index in [9.17, 15) is 22.8 Å². The Kier molecular flexibility index (Phi) is 8.70. The molecule has 0 spiro atoms. The van der Waals surface area contributed by atoms with Gasteiger partial charge in [-0.2, -0.15) is 0 Å². The van der Waals surface area contributed by atoms with Crippen LogP contribution in [0.15, 0.2) is 35.1 Å². The van der Waals surface area contributed by atoms with E-state index in [2.05, 4.69) is 5.32 Å². The number of carbonyl (C=O) groups excluding carboxylic acids is 1. The SMILES string of the molecule is CC.Cc1cc(C(C)Nc2ccc(F)cc2C(F)F)c2c(F)c(N3CCN(C(=O)C4(C)CC4)CC3)n(C)c(=O)c2c1. The van der Waals surface area contributed by atoms with Crippen LogP contribution in [-0.4, -0.2) is 41.6 Å². The molecule has 2 aliphatic rings. The van der Waals surface area contributed by atoms with Gasteiger partial charge in [0.15, 0.2) is 5.82 Å². The lowest BCUT2D eigenvalue weighted by Gasteiger charge is -2.38. The molecule has 1 amide bonds. The summed E-state index contributed by atoms with van der Waals surface area (Å²) in [6, 6.07) is 5.75. The van der Waals surface area contributed by atoms with E-state index in [1.807, 2.05) is 25.7 Å². The van der Waals surface area contributed by atoms with Gasteiger partial charge in [0, 0.05) is 61.3 Å². The molecule has 2 fully saturated rings. The molecule has 1 unspecified atom stereocenters. The predicted octanol–water partition coefficient (Wildman–Crippen LogP) is 6.71. The Labute approximate surface area is 237 Å². The van der Waals surface area contributed by atoms with E-state index in [4.69, 9.17) is 0 Å². The number of piperazine rings is 1. The van der Waals surface area contributed by atoms with E-state index in [1.165, 1.54) is 17.7 Å². The summed E-state index contributed by atoms with van der Waals surface area (Å²) >= 11 is 0. The van der Waals surface area contributed by atoms with Crippen molar-refractivity contribution in [1.29, 1.82) is 0 Å². The molecule has 1 aliphatic heterocycles. The van der Waals surface area contributed by atoms with Crippen LogP contribution < -0.4 is 15.8 Å². The summed E-state index contributed by atoms with van der Waals surface area (Å²) in [6.07, 6.45) is -1.15. The normalized spacial score (nSPS) is 16.9. The third-order valence-corrected chi connectivity index (χ3v) is 8.05. The molecule has 2 heterocycles. The zero-order valence-corrected chi connectivity index (χ0v) is 24.5. The number of fused-ring (bicyclic) bond motifs is 1. The number of rotatable bonds is 6. The van der Waals surface area contributed by atoms with Crippen LogP contribution in [0.2, 0.25) is 0 Å². The molecule has 1 saturated heterocycles. The molecule has 10 heteroatoms. The number of carbonyl (C=O) groups is 1. The van der Waals surface area contributed by atoms with Crippen LogP contribution in [0.5, 0.6) is 0 Å².